The average Bonchev–Trinajstić information content (AvgIpc) is 3.82. The number of benzene rings is 1. The zero-order chi connectivity index (χ0) is 31.6. The Morgan fingerprint density at radius 3 is 2.44 bits per heavy atom. The van der Waals surface area contributed by atoms with Gasteiger partial charge >= 0.3 is 0 Å². The summed E-state index contributed by atoms with van der Waals surface area (Å²) in [5.74, 6) is -0.555. The topological polar surface area (TPSA) is 91.0 Å². The molecule has 2 N–H and O–H groups in total. The van der Waals surface area contributed by atoms with Crippen molar-refractivity contribution in [3.8, 4) is 0 Å². The molecule has 1 heterocycles. The second kappa shape index (κ2) is 16.4. The first-order valence-electron chi connectivity index (χ1n) is 16.3. The molecule has 1 aliphatic heterocycles. The van der Waals surface area contributed by atoms with Gasteiger partial charge in [-0.25, -0.2) is 0 Å². The summed E-state index contributed by atoms with van der Waals surface area (Å²) in [7, 11) is 5.19. The van der Waals surface area contributed by atoms with Crippen molar-refractivity contribution >= 4 is 23.3 Å². The van der Waals surface area contributed by atoms with Gasteiger partial charge in [0, 0.05) is 56.3 Å². The number of carbonyl (C=O) groups excluding carboxylic acids is 3. The molecule has 0 bridgehead atoms. The van der Waals surface area contributed by atoms with Gasteiger partial charge in [0.05, 0.1) is 11.8 Å². The van der Waals surface area contributed by atoms with Crippen LogP contribution in [-0.4, -0.2) is 86.5 Å². The highest BCUT2D eigenvalue weighted by atomic mass is 16.5. The molecule has 0 radical (unpaired) electrons. The maximum absolute atomic E-state index is 14.1. The molecule has 0 aromatic heterocycles. The number of piperidine rings is 1. The lowest BCUT2D eigenvalue weighted by Crippen LogP contribution is -2.59. The number of amides is 3. The summed E-state index contributed by atoms with van der Waals surface area (Å²) in [6, 6.07) is 8.83. The van der Waals surface area contributed by atoms with Crippen LogP contribution < -0.4 is 10.6 Å². The van der Waals surface area contributed by atoms with Crippen molar-refractivity contribution in [2.75, 3.05) is 47.4 Å². The Morgan fingerprint density at radius 1 is 1.12 bits per heavy atom. The number of ether oxygens (including phenoxy) is 1. The number of aryl methyl sites for hydroxylation is 1. The van der Waals surface area contributed by atoms with E-state index in [0.29, 0.717) is 32.5 Å². The first-order valence-corrected chi connectivity index (χ1v) is 16.3. The SMILES string of the molecule is C/C=C(/CN(C(=O)[C@H]1CNC[C@@H](C(=O)NC(C)(CC(C)C)C(=O)N(C)C)C1)C1CC1)c1ccccc1CCCCCOC.[HH].[HH]. The first kappa shape index (κ1) is 34.8. The molecule has 8 nitrogen and oxygen atoms in total. The Morgan fingerprint density at radius 2 is 1.81 bits per heavy atom. The van der Waals surface area contributed by atoms with Crippen LogP contribution in [0.15, 0.2) is 30.3 Å². The number of likely N-dealkylation sites (N-methyl/N-ethyl adjacent to an activating group) is 1. The van der Waals surface area contributed by atoms with Gasteiger partial charge in [-0.15, -0.1) is 0 Å². The molecular formula is C35H60N4O4. The van der Waals surface area contributed by atoms with Gasteiger partial charge in [0.15, 0.2) is 0 Å². The molecule has 1 saturated carbocycles. The average molecular weight is 601 g/mol. The summed E-state index contributed by atoms with van der Waals surface area (Å²) >= 11 is 0. The molecule has 2 fully saturated rings. The van der Waals surface area contributed by atoms with Gasteiger partial charge in [-0.1, -0.05) is 50.6 Å². The van der Waals surface area contributed by atoms with Crippen LogP contribution in [0.2, 0.25) is 0 Å². The van der Waals surface area contributed by atoms with Crippen molar-refractivity contribution in [3.05, 3.63) is 41.5 Å². The minimum absolute atomic E-state index is 0. The van der Waals surface area contributed by atoms with Crippen molar-refractivity contribution in [2.24, 2.45) is 17.8 Å². The number of nitrogens with zero attached hydrogens (tertiary/aromatic N) is 2. The van der Waals surface area contributed by atoms with Gasteiger partial charge in [0.25, 0.3) is 0 Å². The van der Waals surface area contributed by atoms with Crippen molar-refractivity contribution < 1.29 is 22.0 Å². The third-order valence-corrected chi connectivity index (χ3v) is 8.78. The van der Waals surface area contributed by atoms with Gasteiger partial charge in [-0.2, -0.15) is 0 Å². The molecule has 3 atom stereocenters. The van der Waals surface area contributed by atoms with E-state index in [-0.39, 0.29) is 44.4 Å². The maximum Gasteiger partial charge on any atom is 0.247 e. The highest BCUT2D eigenvalue weighted by Crippen LogP contribution is 2.33. The van der Waals surface area contributed by atoms with Gasteiger partial charge in [-0.05, 0) is 81.4 Å². The van der Waals surface area contributed by atoms with E-state index in [0.717, 1.165) is 45.1 Å². The van der Waals surface area contributed by atoms with E-state index in [1.54, 1.807) is 26.1 Å². The Labute approximate surface area is 263 Å². The van der Waals surface area contributed by atoms with Gasteiger partial charge < -0.3 is 25.2 Å². The molecule has 1 aromatic rings. The van der Waals surface area contributed by atoms with Crippen LogP contribution >= 0.6 is 0 Å². The summed E-state index contributed by atoms with van der Waals surface area (Å²) < 4.78 is 5.20. The minimum atomic E-state index is -0.982. The van der Waals surface area contributed by atoms with E-state index in [1.165, 1.54) is 16.7 Å². The molecule has 2 aliphatic rings. The normalized spacial score (nSPS) is 20.4. The smallest absolute Gasteiger partial charge is 0.247 e. The third-order valence-electron chi connectivity index (χ3n) is 8.78. The van der Waals surface area contributed by atoms with Crippen molar-refractivity contribution in [1.82, 2.24) is 20.4 Å². The fourth-order valence-electron chi connectivity index (χ4n) is 6.52. The lowest BCUT2D eigenvalue weighted by Gasteiger charge is -2.37. The number of carbonyl (C=O) groups is 3. The minimum Gasteiger partial charge on any atom is -0.385 e. The highest BCUT2D eigenvalue weighted by molar-refractivity contribution is 5.92. The van der Waals surface area contributed by atoms with Crippen LogP contribution in [0.1, 0.15) is 86.6 Å². The van der Waals surface area contributed by atoms with E-state index in [9.17, 15) is 14.4 Å². The fraction of sp³-hybridized carbons (Fsp3) is 0.686. The Bertz CT molecular complexity index is 1120. The molecule has 1 aliphatic carbocycles. The van der Waals surface area contributed by atoms with E-state index >= 15 is 0 Å². The second-order valence-corrected chi connectivity index (χ2v) is 13.4. The number of allylic oxidation sites excluding steroid dienone is 1. The molecule has 3 amide bonds. The number of nitrogens with one attached hydrogen (secondary N) is 2. The number of hydrogen-bond donors (Lipinski definition) is 2. The summed E-state index contributed by atoms with van der Waals surface area (Å²) in [6.45, 7) is 10.4. The third kappa shape index (κ3) is 9.90. The number of unbranched alkanes of at least 4 members (excludes halogenated alkanes) is 2. The molecule has 3 rings (SSSR count). The Hall–Kier alpha value is -2.71. The number of rotatable bonds is 16. The molecule has 1 saturated heterocycles. The van der Waals surface area contributed by atoms with Crippen molar-refractivity contribution in [3.63, 3.8) is 0 Å². The van der Waals surface area contributed by atoms with Gasteiger partial charge in [0.2, 0.25) is 17.7 Å². The first-order chi connectivity index (χ1) is 20.5. The summed E-state index contributed by atoms with van der Waals surface area (Å²) in [5, 5.41) is 6.44. The van der Waals surface area contributed by atoms with Crippen LogP contribution in [0.25, 0.3) is 5.57 Å². The van der Waals surface area contributed by atoms with E-state index < -0.39 is 5.54 Å². The van der Waals surface area contributed by atoms with E-state index in [1.807, 2.05) is 6.92 Å². The van der Waals surface area contributed by atoms with E-state index in [4.69, 9.17) is 4.74 Å². The number of methoxy groups -OCH3 is 1. The predicted octanol–water partition coefficient (Wildman–Crippen LogP) is 5.17. The molecule has 0 spiro atoms. The molecule has 1 unspecified atom stereocenters. The Kier molecular flexibility index (Phi) is 13.3. The molecular weight excluding hydrogens is 540 g/mol. The maximum atomic E-state index is 14.1. The Balaban J connectivity index is 0.00000506. The monoisotopic (exact) mass is 600 g/mol. The molecule has 1 aromatic carbocycles. The molecule has 8 heteroatoms. The molecule has 43 heavy (non-hydrogen) atoms. The highest BCUT2D eigenvalue weighted by Gasteiger charge is 2.42. The van der Waals surface area contributed by atoms with Crippen molar-refractivity contribution in [1.29, 1.82) is 0 Å². The quantitative estimate of drug-likeness (QED) is 0.256. The summed E-state index contributed by atoms with van der Waals surface area (Å²) in [4.78, 5) is 44.3. The summed E-state index contributed by atoms with van der Waals surface area (Å²) in [5.41, 5.74) is 2.75. The second-order valence-electron chi connectivity index (χ2n) is 13.4. The standard InChI is InChI=1S/C35H56N4O4.2H2/c1-8-26(31-16-12-11-15-27(31)14-10-9-13-19-43-7)24-39(30-17-18-30)33(41)29-20-28(22-36-23-29)32(40)37-35(4,21-25(2)3)34(42)38(5)6;;/h8,11-12,15-16,25,28-30,36H,9-10,13-14,17-24H2,1-7H3,(H,37,40);2*1H/b26-8-;;/t28-,29+,35?;;/m0../s1. The van der Waals surface area contributed by atoms with Crippen LogP contribution in [0.5, 0.6) is 0 Å². The largest absolute Gasteiger partial charge is 0.385 e. The van der Waals surface area contributed by atoms with Gasteiger partial charge in [-0.3, -0.25) is 14.4 Å². The lowest BCUT2D eigenvalue weighted by molar-refractivity contribution is -0.142. The number of hydrogen-bond acceptors (Lipinski definition) is 5. The van der Waals surface area contributed by atoms with Crippen LogP contribution in [0.4, 0.5) is 0 Å². The van der Waals surface area contributed by atoms with E-state index in [2.05, 4.69) is 66.6 Å². The van der Waals surface area contributed by atoms with Gasteiger partial charge in [0.1, 0.15) is 5.54 Å². The van der Waals surface area contributed by atoms with Crippen LogP contribution in [-0.2, 0) is 25.5 Å². The molecule has 244 valence electrons. The predicted molar refractivity (Wildman–Crippen MR) is 178 cm³/mol. The fourth-order valence-corrected chi connectivity index (χ4v) is 6.52. The van der Waals surface area contributed by atoms with Crippen molar-refractivity contribution in [2.45, 2.75) is 90.6 Å². The van der Waals surface area contributed by atoms with Crippen LogP contribution in [0.3, 0.4) is 0 Å². The van der Waals surface area contributed by atoms with Crippen LogP contribution in [0, 0.1) is 17.8 Å². The zero-order valence-electron chi connectivity index (χ0n) is 27.7. The lowest BCUT2D eigenvalue weighted by atomic mass is 9.85. The zero-order valence-corrected chi connectivity index (χ0v) is 27.7. The summed E-state index contributed by atoms with van der Waals surface area (Å²) in [6.07, 6.45) is 9.54.